The van der Waals surface area contributed by atoms with Gasteiger partial charge in [-0.3, -0.25) is 4.79 Å². The molecule has 1 rings (SSSR count). The lowest BCUT2D eigenvalue weighted by molar-refractivity contribution is -0.462. The van der Waals surface area contributed by atoms with Gasteiger partial charge in [-0.2, -0.15) is 0 Å². The van der Waals surface area contributed by atoms with Gasteiger partial charge in [0, 0.05) is 12.3 Å². The molecule has 0 saturated carbocycles. The highest BCUT2D eigenvalue weighted by Gasteiger charge is 2.18. The normalized spacial score (nSPS) is 27.9. The molecule has 1 unspecified atom stereocenters. The molecule has 9 heavy (non-hydrogen) atoms. The first-order valence-corrected chi connectivity index (χ1v) is 3.00. The minimum Gasteiger partial charge on any atom is -0.624 e. The van der Waals surface area contributed by atoms with Crippen LogP contribution in [0.2, 0.25) is 0 Å². The Morgan fingerprint density at radius 1 is 1.89 bits per heavy atom. The maximum Gasteiger partial charge on any atom is 0.220 e. The second-order valence-corrected chi connectivity index (χ2v) is 2.50. The first-order valence-electron chi connectivity index (χ1n) is 3.00. The second-order valence-electron chi connectivity index (χ2n) is 2.50. The fourth-order valence-electron chi connectivity index (χ4n) is 0.981. The highest BCUT2D eigenvalue weighted by Crippen LogP contribution is 2.05. The summed E-state index contributed by atoms with van der Waals surface area (Å²) in [4.78, 5) is 10.6. The molecule has 0 aromatic heterocycles. The number of carbonyl (C=O) groups excluding carboxylic acids is 1. The molecule has 50 valence electrons. The fourth-order valence-corrected chi connectivity index (χ4v) is 0.981. The Morgan fingerprint density at radius 3 is 3.00 bits per heavy atom. The molecule has 0 radical (unpaired) electrons. The molecule has 0 spiro atoms. The summed E-state index contributed by atoms with van der Waals surface area (Å²) in [6, 6.07) is 0. The third-order valence-corrected chi connectivity index (χ3v) is 1.33. The minimum atomic E-state index is -0.0521. The number of nitrogens with zero attached hydrogens (tertiary/aromatic N) is 1. The van der Waals surface area contributed by atoms with Gasteiger partial charge in [-0.25, -0.2) is 4.74 Å². The lowest BCUT2D eigenvalue weighted by Gasteiger charge is -2.13. The van der Waals surface area contributed by atoms with Crippen LogP contribution in [0.3, 0.4) is 0 Å². The van der Waals surface area contributed by atoms with Crippen LogP contribution in [0.25, 0.3) is 0 Å². The van der Waals surface area contributed by atoms with Crippen LogP contribution in [-0.2, 0) is 4.79 Å². The molecule has 1 aliphatic heterocycles. The van der Waals surface area contributed by atoms with Crippen molar-refractivity contribution < 1.29 is 9.53 Å². The molecule has 1 aliphatic rings. The SMILES string of the molecule is CC1CC(=O)C=[N+]([O-])C1. The molecule has 0 aromatic rings. The van der Waals surface area contributed by atoms with Gasteiger partial charge < -0.3 is 5.21 Å². The van der Waals surface area contributed by atoms with Crippen molar-refractivity contribution >= 4 is 12.0 Å². The van der Waals surface area contributed by atoms with Crippen LogP contribution in [0.5, 0.6) is 0 Å². The van der Waals surface area contributed by atoms with Crippen LogP contribution < -0.4 is 0 Å². The van der Waals surface area contributed by atoms with E-state index in [1.807, 2.05) is 6.92 Å². The zero-order valence-corrected chi connectivity index (χ0v) is 5.33. The van der Waals surface area contributed by atoms with E-state index in [1.165, 1.54) is 0 Å². The first kappa shape index (κ1) is 6.26. The standard InChI is InChI=1S/C6H9NO2/c1-5-2-6(8)4-7(9)3-5/h4-5H,2-3H2,1H3. The first-order chi connectivity index (χ1) is 4.18. The number of ketones is 1. The van der Waals surface area contributed by atoms with E-state index in [9.17, 15) is 10.0 Å². The molecule has 0 bridgehead atoms. The summed E-state index contributed by atoms with van der Waals surface area (Å²) < 4.78 is 0.705. The minimum absolute atomic E-state index is 0.0521. The molecular formula is C6H9NO2. The predicted octanol–water partition coefficient (Wildman–Crippen LogP) is 0.176. The smallest absolute Gasteiger partial charge is 0.220 e. The van der Waals surface area contributed by atoms with Crippen molar-refractivity contribution in [2.45, 2.75) is 13.3 Å². The Balaban J connectivity index is 2.67. The zero-order valence-electron chi connectivity index (χ0n) is 5.33. The fraction of sp³-hybridized carbons (Fsp3) is 0.667. The average molecular weight is 127 g/mol. The molecule has 1 atom stereocenters. The summed E-state index contributed by atoms with van der Waals surface area (Å²) in [6.07, 6.45) is 1.65. The van der Waals surface area contributed by atoms with E-state index in [0.717, 1.165) is 6.21 Å². The number of hydrogen-bond acceptors (Lipinski definition) is 2. The molecule has 0 saturated heterocycles. The summed E-state index contributed by atoms with van der Waals surface area (Å²) in [7, 11) is 0. The largest absolute Gasteiger partial charge is 0.624 e. The molecule has 0 fully saturated rings. The number of hydrogen-bond donors (Lipinski definition) is 0. The van der Waals surface area contributed by atoms with E-state index in [-0.39, 0.29) is 11.7 Å². The molecule has 0 aromatic carbocycles. The molecule has 3 heteroatoms. The van der Waals surface area contributed by atoms with Gasteiger partial charge in [0.25, 0.3) is 0 Å². The summed E-state index contributed by atoms with van der Waals surface area (Å²) in [6.45, 7) is 2.36. The number of carbonyl (C=O) groups is 1. The lowest BCUT2D eigenvalue weighted by atomic mass is 10.0. The van der Waals surface area contributed by atoms with E-state index in [4.69, 9.17) is 0 Å². The van der Waals surface area contributed by atoms with Gasteiger partial charge >= 0.3 is 0 Å². The van der Waals surface area contributed by atoms with Crippen LogP contribution >= 0.6 is 0 Å². The van der Waals surface area contributed by atoms with Crippen molar-refractivity contribution in [3.05, 3.63) is 5.21 Å². The van der Waals surface area contributed by atoms with Gasteiger partial charge in [-0.05, 0) is 0 Å². The second kappa shape index (κ2) is 2.17. The molecule has 3 nitrogen and oxygen atoms in total. The maximum absolute atomic E-state index is 10.6. The van der Waals surface area contributed by atoms with Crippen molar-refractivity contribution in [3.63, 3.8) is 0 Å². The monoisotopic (exact) mass is 127 g/mol. The van der Waals surface area contributed by atoms with E-state index in [2.05, 4.69) is 0 Å². The number of Topliss-reactive ketones (excluding diaryl/α,β-unsaturated/α-hetero) is 1. The third kappa shape index (κ3) is 1.52. The van der Waals surface area contributed by atoms with E-state index in [0.29, 0.717) is 17.7 Å². The molecule has 0 aliphatic carbocycles. The van der Waals surface area contributed by atoms with Gasteiger partial charge in [-0.1, -0.05) is 6.92 Å². The molecule has 1 heterocycles. The summed E-state index contributed by atoms with van der Waals surface area (Å²) in [5, 5.41) is 10.5. The van der Waals surface area contributed by atoms with Crippen molar-refractivity contribution in [3.8, 4) is 0 Å². The van der Waals surface area contributed by atoms with Crippen LogP contribution in [0.1, 0.15) is 13.3 Å². The lowest BCUT2D eigenvalue weighted by Crippen LogP contribution is -2.26. The average Bonchev–Trinajstić information content (AvgIpc) is 1.59. The van der Waals surface area contributed by atoms with Gasteiger partial charge in [-0.15, -0.1) is 0 Å². The number of hydroxylamine groups is 1. The number of rotatable bonds is 0. The van der Waals surface area contributed by atoms with Crippen LogP contribution in [0.15, 0.2) is 0 Å². The zero-order chi connectivity index (χ0) is 6.85. The highest BCUT2D eigenvalue weighted by atomic mass is 16.5. The van der Waals surface area contributed by atoms with E-state index >= 15 is 0 Å². The molecule has 0 N–H and O–H groups in total. The van der Waals surface area contributed by atoms with Crippen molar-refractivity contribution in [1.29, 1.82) is 0 Å². The highest BCUT2D eigenvalue weighted by molar-refractivity contribution is 6.25. The quantitative estimate of drug-likeness (QED) is 0.344. The predicted molar refractivity (Wildman–Crippen MR) is 33.3 cm³/mol. The van der Waals surface area contributed by atoms with Gasteiger partial charge in [0.1, 0.15) is 0 Å². The Bertz CT molecular complexity index is 162. The molecular weight excluding hydrogens is 118 g/mol. The van der Waals surface area contributed by atoms with Crippen LogP contribution in [0, 0.1) is 11.1 Å². The summed E-state index contributed by atoms with van der Waals surface area (Å²) in [5.74, 6) is 0.170. The topological polar surface area (TPSA) is 43.1 Å². The Labute approximate surface area is 53.6 Å². The maximum atomic E-state index is 10.6. The van der Waals surface area contributed by atoms with Gasteiger partial charge in [0.2, 0.25) is 12.0 Å². The summed E-state index contributed by atoms with van der Waals surface area (Å²) in [5.41, 5.74) is 0. The third-order valence-electron chi connectivity index (χ3n) is 1.33. The molecule has 0 amide bonds. The van der Waals surface area contributed by atoms with Crippen LogP contribution in [-0.4, -0.2) is 23.3 Å². The van der Waals surface area contributed by atoms with Crippen LogP contribution in [0.4, 0.5) is 0 Å². The van der Waals surface area contributed by atoms with E-state index in [1.54, 1.807) is 0 Å². The Kier molecular flexibility index (Phi) is 1.51. The van der Waals surface area contributed by atoms with Crippen molar-refractivity contribution in [2.75, 3.05) is 6.54 Å². The van der Waals surface area contributed by atoms with Gasteiger partial charge in [0.15, 0.2) is 6.54 Å². The van der Waals surface area contributed by atoms with Crippen molar-refractivity contribution in [2.24, 2.45) is 5.92 Å². The van der Waals surface area contributed by atoms with Crippen molar-refractivity contribution in [1.82, 2.24) is 0 Å². The van der Waals surface area contributed by atoms with Gasteiger partial charge in [0.05, 0.1) is 0 Å². The summed E-state index contributed by atoms with van der Waals surface area (Å²) >= 11 is 0. The van der Waals surface area contributed by atoms with E-state index < -0.39 is 0 Å². The Morgan fingerprint density at radius 2 is 2.56 bits per heavy atom. The Hall–Kier alpha value is -0.860.